The van der Waals surface area contributed by atoms with Gasteiger partial charge in [0.15, 0.2) is 28.9 Å². The van der Waals surface area contributed by atoms with Gasteiger partial charge in [-0.25, -0.2) is 24.9 Å². The molecule has 4 aromatic heterocycles. The van der Waals surface area contributed by atoms with Crippen molar-refractivity contribution in [3.8, 4) is 67.9 Å². The molecule has 0 amide bonds. The molecule has 0 radical (unpaired) electrons. The topological polar surface area (TPSA) is 90.7 Å². The molecule has 0 saturated heterocycles. The highest BCUT2D eigenvalue weighted by molar-refractivity contribution is 6.13. The molecular formula is C49H29N5O2. The first-order valence-electron chi connectivity index (χ1n) is 18.4. The standard InChI is InChI=1S/C49H29N5O2/c1-4-13-30(14-5-1)31-23-25-34(26-24-31)47-52-46(33-17-8-3-9-18-33)53-49(54-47)38-20-12-22-40-42(38)36-28-27-35(29-41(36)55-40)48-50-43(32-15-6-2-7-16-32)45-44(51-48)37-19-10-11-21-39(37)56-45/h1-29H. The molecule has 7 nitrogen and oxygen atoms in total. The zero-order valence-corrected chi connectivity index (χ0v) is 29.8. The number of hydrogen-bond donors (Lipinski definition) is 0. The van der Waals surface area contributed by atoms with Crippen molar-refractivity contribution < 1.29 is 8.83 Å². The molecule has 7 aromatic carbocycles. The Labute approximate surface area is 320 Å². The lowest BCUT2D eigenvalue weighted by Gasteiger charge is -2.10. The number of fused-ring (bicyclic) bond motifs is 6. The Bertz CT molecular complexity index is 3230. The van der Waals surface area contributed by atoms with E-state index in [4.69, 9.17) is 33.8 Å². The first-order chi connectivity index (χ1) is 27.7. The van der Waals surface area contributed by atoms with Crippen LogP contribution in [0.4, 0.5) is 0 Å². The zero-order chi connectivity index (χ0) is 37.0. The van der Waals surface area contributed by atoms with Crippen molar-refractivity contribution in [2.75, 3.05) is 0 Å². The van der Waals surface area contributed by atoms with Crippen LogP contribution in [-0.4, -0.2) is 24.9 Å². The summed E-state index contributed by atoms with van der Waals surface area (Å²) in [6.45, 7) is 0. The molecule has 11 aromatic rings. The van der Waals surface area contributed by atoms with Gasteiger partial charge in [0.2, 0.25) is 0 Å². The minimum atomic E-state index is 0.562. The quantitative estimate of drug-likeness (QED) is 0.169. The molecule has 0 spiro atoms. The lowest BCUT2D eigenvalue weighted by molar-refractivity contribution is 0.667. The molecule has 0 unspecified atom stereocenters. The van der Waals surface area contributed by atoms with E-state index in [0.717, 1.165) is 77.5 Å². The van der Waals surface area contributed by atoms with Crippen LogP contribution in [0, 0.1) is 0 Å². The highest BCUT2D eigenvalue weighted by atomic mass is 16.3. The molecular weight excluding hydrogens is 691 g/mol. The molecule has 0 bridgehead atoms. The second-order valence-electron chi connectivity index (χ2n) is 13.6. The minimum Gasteiger partial charge on any atom is -0.456 e. The van der Waals surface area contributed by atoms with Gasteiger partial charge in [-0.05, 0) is 41.5 Å². The number of para-hydroxylation sites is 1. The van der Waals surface area contributed by atoms with Crippen molar-refractivity contribution >= 4 is 44.0 Å². The van der Waals surface area contributed by atoms with E-state index in [2.05, 4.69) is 48.5 Å². The van der Waals surface area contributed by atoms with Gasteiger partial charge in [-0.3, -0.25) is 0 Å². The van der Waals surface area contributed by atoms with Crippen LogP contribution in [-0.2, 0) is 0 Å². The van der Waals surface area contributed by atoms with Crippen molar-refractivity contribution in [3.63, 3.8) is 0 Å². The summed E-state index contributed by atoms with van der Waals surface area (Å²) in [5, 5.41) is 2.80. The number of furan rings is 2. The van der Waals surface area contributed by atoms with Crippen LogP contribution >= 0.6 is 0 Å². The third-order valence-electron chi connectivity index (χ3n) is 10.2. The van der Waals surface area contributed by atoms with E-state index in [1.165, 1.54) is 0 Å². The van der Waals surface area contributed by atoms with Crippen LogP contribution in [0.1, 0.15) is 0 Å². The summed E-state index contributed by atoms with van der Waals surface area (Å²) in [5.74, 6) is 2.33. The highest BCUT2D eigenvalue weighted by Gasteiger charge is 2.21. The van der Waals surface area contributed by atoms with E-state index in [0.29, 0.717) is 34.5 Å². The van der Waals surface area contributed by atoms with Gasteiger partial charge in [-0.2, -0.15) is 0 Å². The fourth-order valence-electron chi connectivity index (χ4n) is 7.45. The van der Waals surface area contributed by atoms with E-state index >= 15 is 0 Å². The molecule has 7 heteroatoms. The number of rotatable bonds is 6. The van der Waals surface area contributed by atoms with Crippen LogP contribution in [0.15, 0.2) is 185 Å². The Morgan fingerprint density at radius 2 is 0.875 bits per heavy atom. The number of hydrogen-bond acceptors (Lipinski definition) is 7. The van der Waals surface area contributed by atoms with E-state index in [1.54, 1.807) is 0 Å². The summed E-state index contributed by atoms with van der Waals surface area (Å²) in [7, 11) is 0. The monoisotopic (exact) mass is 719 g/mol. The molecule has 4 heterocycles. The average Bonchev–Trinajstić information content (AvgIpc) is 3.85. The van der Waals surface area contributed by atoms with Crippen molar-refractivity contribution in [1.82, 2.24) is 24.9 Å². The summed E-state index contributed by atoms with van der Waals surface area (Å²) in [5.41, 5.74) is 11.1. The van der Waals surface area contributed by atoms with E-state index in [1.807, 2.05) is 127 Å². The third kappa shape index (κ3) is 5.41. The number of aromatic nitrogens is 5. The van der Waals surface area contributed by atoms with E-state index in [-0.39, 0.29) is 0 Å². The Morgan fingerprint density at radius 3 is 1.62 bits per heavy atom. The van der Waals surface area contributed by atoms with Crippen molar-refractivity contribution in [3.05, 3.63) is 176 Å². The lowest BCUT2D eigenvalue weighted by Crippen LogP contribution is -2.00. The maximum atomic E-state index is 6.57. The van der Waals surface area contributed by atoms with E-state index < -0.39 is 0 Å². The summed E-state index contributed by atoms with van der Waals surface area (Å²) in [6.07, 6.45) is 0. The number of nitrogens with zero attached hydrogens (tertiary/aromatic N) is 5. The second-order valence-corrected chi connectivity index (χ2v) is 13.6. The fraction of sp³-hybridized carbons (Fsp3) is 0. The van der Waals surface area contributed by atoms with Crippen LogP contribution in [0.2, 0.25) is 0 Å². The normalized spacial score (nSPS) is 11.6. The van der Waals surface area contributed by atoms with Crippen LogP contribution < -0.4 is 0 Å². The Morgan fingerprint density at radius 1 is 0.321 bits per heavy atom. The van der Waals surface area contributed by atoms with Crippen LogP contribution in [0.25, 0.3) is 112 Å². The van der Waals surface area contributed by atoms with Crippen LogP contribution in [0.5, 0.6) is 0 Å². The molecule has 11 rings (SSSR count). The van der Waals surface area contributed by atoms with Crippen molar-refractivity contribution in [1.29, 1.82) is 0 Å². The van der Waals surface area contributed by atoms with Gasteiger partial charge in [0.1, 0.15) is 28.0 Å². The SMILES string of the molecule is c1ccc(-c2ccc(-c3nc(-c4ccccc4)nc(-c4cccc5oc6cc(-c7nc(-c8ccccc8)c8oc9ccccc9c8n7)ccc6c45)n3)cc2)cc1. The van der Waals surface area contributed by atoms with Gasteiger partial charge in [-0.1, -0.05) is 146 Å². The van der Waals surface area contributed by atoms with Gasteiger partial charge < -0.3 is 8.83 Å². The first-order valence-corrected chi connectivity index (χ1v) is 18.4. The highest BCUT2D eigenvalue weighted by Crippen LogP contribution is 2.40. The molecule has 0 fully saturated rings. The smallest absolute Gasteiger partial charge is 0.180 e. The predicted molar refractivity (Wildman–Crippen MR) is 223 cm³/mol. The average molecular weight is 720 g/mol. The Hall–Kier alpha value is -7.77. The lowest BCUT2D eigenvalue weighted by atomic mass is 10.0. The zero-order valence-electron chi connectivity index (χ0n) is 29.8. The molecule has 0 aliphatic heterocycles. The maximum Gasteiger partial charge on any atom is 0.180 e. The molecule has 0 aliphatic rings. The summed E-state index contributed by atoms with van der Waals surface area (Å²) in [6, 6.07) is 58.9. The van der Waals surface area contributed by atoms with Gasteiger partial charge in [-0.15, -0.1) is 0 Å². The summed E-state index contributed by atoms with van der Waals surface area (Å²) >= 11 is 0. The van der Waals surface area contributed by atoms with Gasteiger partial charge >= 0.3 is 0 Å². The Kier molecular flexibility index (Phi) is 7.35. The molecule has 0 atom stereocenters. The molecule has 262 valence electrons. The minimum absolute atomic E-state index is 0.562. The molecule has 0 N–H and O–H groups in total. The summed E-state index contributed by atoms with van der Waals surface area (Å²) < 4.78 is 12.9. The van der Waals surface area contributed by atoms with Gasteiger partial charge in [0.25, 0.3) is 0 Å². The van der Waals surface area contributed by atoms with Gasteiger partial charge in [0.05, 0.1) is 0 Å². The largest absolute Gasteiger partial charge is 0.456 e. The second kappa shape index (κ2) is 13.0. The van der Waals surface area contributed by atoms with Crippen LogP contribution in [0.3, 0.4) is 0 Å². The summed E-state index contributed by atoms with van der Waals surface area (Å²) in [4.78, 5) is 25.3. The maximum absolute atomic E-state index is 6.57. The van der Waals surface area contributed by atoms with Gasteiger partial charge in [0, 0.05) is 44.0 Å². The van der Waals surface area contributed by atoms with Crippen molar-refractivity contribution in [2.45, 2.75) is 0 Å². The third-order valence-corrected chi connectivity index (χ3v) is 10.2. The predicted octanol–water partition coefficient (Wildman–Crippen LogP) is 12.5. The molecule has 56 heavy (non-hydrogen) atoms. The molecule has 0 saturated carbocycles. The molecule has 0 aliphatic carbocycles. The Balaban J connectivity index is 1.06. The first kappa shape index (κ1) is 31.7. The fourth-order valence-corrected chi connectivity index (χ4v) is 7.45. The number of benzene rings is 7. The van der Waals surface area contributed by atoms with E-state index in [9.17, 15) is 0 Å². The van der Waals surface area contributed by atoms with Crippen molar-refractivity contribution in [2.24, 2.45) is 0 Å².